The summed E-state index contributed by atoms with van der Waals surface area (Å²) in [7, 11) is 0. The molecular formula is C4HF3O3. The number of carbonyl (C=O) groups is 3. The highest BCUT2D eigenvalue weighted by atomic mass is 19.2. The number of hydrogen-bond donors (Lipinski definition) is 0. The van der Waals surface area contributed by atoms with Crippen LogP contribution in [0.3, 0.4) is 0 Å². The zero-order chi connectivity index (χ0) is 8.31. The molecular weight excluding hydrogens is 153 g/mol. The molecule has 0 aromatic heterocycles. The van der Waals surface area contributed by atoms with E-state index in [-0.39, 0.29) is 0 Å². The molecule has 0 heterocycles. The van der Waals surface area contributed by atoms with E-state index >= 15 is 0 Å². The second-order valence-electron chi connectivity index (χ2n) is 1.35. The van der Waals surface area contributed by atoms with Gasteiger partial charge in [0.15, 0.2) is 0 Å². The Balaban J connectivity index is 4.43. The molecule has 0 N–H and O–H groups in total. The van der Waals surface area contributed by atoms with Crippen LogP contribution < -0.4 is 0 Å². The Labute approximate surface area is 52.8 Å². The molecule has 0 spiro atoms. The first-order valence-corrected chi connectivity index (χ1v) is 2.05. The lowest BCUT2D eigenvalue weighted by molar-refractivity contribution is -0.153. The summed E-state index contributed by atoms with van der Waals surface area (Å²) in [5, 5.41) is 0. The summed E-state index contributed by atoms with van der Waals surface area (Å²) >= 11 is 0. The van der Waals surface area contributed by atoms with Crippen LogP contribution in [0, 0.1) is 5.92 Å². The van der Waals surface area contributed by atoms with E-state index in [1.165, 1.54) is 0 Å². The van der Waals surface area contributed by atoms with Crippen LogP contribution >= 0.6 is 0 Å². The van der Waals surface area contributed by atoms with Gasteiger partial charge in [-0.3, -0.25) is 14.4 Å². The summed E-state index contributed by atoms with van der Waals surface area (Å²) < 4.78 is 33.9. The van der Waals surface area contributed by atoms with E-state index < -0.39 is 24.0 Å². The third-order valence-corrected chi connectivity index (χ3v) is 0.681. The Kier molecular flexibility index (Phi) is 2.72. The van der Waals surface area contributed by atoms with Gasteiger partial charge in [-0.25, -0.2) is 0 Å². The maximum Gasteiger partial charge on any atom is 0.325 e. The minimum atomic E-state index is -3.03. The average Bonchev–Trinajstić information content (AvgIpc) is 1.59. The molecule has 0 radical (unpaired) electrons. The molecule has 0 unspecified atom stereocenters. The van der Waals surface area contributed by atoms with Gasteiger partial charge in [-0.05, 0) is 0 Å². The number of rotatable bonds is 3. The zero-order valence-electron chi connectivity index (χ0n) is 4.44. The van der Waals surface area contributed by atoms with Crippen LogP contribution in [0.25, 0.3) is 0 Å². The van der Waals surface area contributed by atoms with Crippen molar-refractivity contribution in [2.24, 2.45) is 5.92 Å². The predicted octanol–water partition coefficient (Wildman–Crippen LogP) is 0.0909. The van der Waals surface area contributed by atoms with E-state index in [9.17, 15) is 27.6 Å². The minimum Gasteiger partial charge on any atom is -0.260 e. The molecule has 0 saturated carbocycles. The van der Waals surface area contributed by atoms with Gasteiger partial charge >= 0.3 is 18.1 Å². The summed E-state index contributed by atoms with van der Waals surface area (Å²) in [5.74, 6) is -3.03. The van der Waals surface area contributed by atoms with Crippen molar-refractivity contribution >= 4 is 18.1 Å². The van der Waals surface area contributed by atoms with Gasteiger partial charge in [0.2, 0.25) is 5.92 Å². The van der Waals surface area contributed by atoms with Crippen LogP contribution in [0.4, 0.5) is 13.2 Å². The number of hydrogen-bond acceptors (Lipinski definition) is 3. The first-order chi connectivity index (χ1) is 4.46. The highest BCUT2D eigenvalue weighted by Crippen LogP contribution is 2.04. The molecule has 0 bridgehead atoms. The first-order valence-electron chi connectivity index (χ1n) is 2.05. The quantitative estimate of drug-likeness (QED) is 0.427. The van der Waals surface area contributed by atoms with Crippen molar-refractivity contribution in [3.8, 4) is 0 Å². The van der Waals surface area contributed by atoms with E-state index in [0.29, 0.717) is 0 Å². The third-order valence-electron chi connectivity index (χ3n) is 0.681. The van der Waals surface area contributed by atoms with Crippen molar-refractivity contribution < 1.29 is 27.6 Å². The van der Waals surface area contributed by atoms with Crippen LogP contribution in [0.15, 0.2) is 0 Å². The Hall–Kier alpha value is -1.20. The van der Waals surface area contributed by atoms with Gasteiger partial charge in [0.1, 0.15) is 0 Å². The van der Waals surface area contributed by atoms with Crippen molar-refractivity contribution in [3.63, 3.8) is 0 Å². The fourth-order valence-electron chi connectivity index (χ4n) is 0.268. The Morgan fingerprint density at radius 2 is 1.00 bits per heavy atom. The van der Waals surface area contributed by atoms with Crippen molar-refractivity contribution in [1.82, 2.24) is 0 Å². The van der Waals surface area contributed by atoms with Crippen molar-refractivity contribution in [2.75, 3.05) is 0 Å². The molecule has 0 aromatic carbocycles. The molecule has 3 nitrogen and oxygen atoms in total. The van der Waals surface area contributed by atoms with Gasteiger partial charge in [0.25, 0.3) is 0 Å². The SMILES string of the molecule is O=C(F)C(C(=O)F)C(=O)F. The second kappa shape index (κ2) is 3.09. The molecule has 0 amide bonds. The lowest BCUT2D eigenvalue weighted by Crippen LogP contribution is -2.23. The van der Waals surface area contributed by atoms with E-state index in [0.717, 1.165) is 0 Å². The van der Waals surface area contributed by atoms with Gasteiger partial charge in [0, 0.05) is 0 Å². The molecule has 6 heteroatoms. The summed E-state index contributed by atoms with van der Waals surface area (Å²) in [5.41, 5.74) is 0. The summed E-state index contributed by atoms with van der Waals surface area (Å²) in [6.45, 7) is 0. The van der Waals surface area contributed by atoms with Crippen LogP contribution in [-0.2, 0) is 14.4 Å². The maximum absolute atomic E-state index is 11.3. The van der Waals surface area contributed by atoms with Gasteiger partial charge in [-0.1, -0.05) is 0 Å². The average molecular weight is 154 g/mol. The lowest BCUT2D eigenvalue weighted by atomic mass is 10.2. The molecule has 0 saturated heterocycles. The van der Waals surface area contributed by atoms with Gasteiger partial charge in [0.05, 0.1) is 0 Å². The normalized spacial score (nSPS) is 9.60. The van der Waals surface area contributed by atoms with E-state index in [1.807, 2.05) is 0 Å². The lowest BCUT2D eigenvalue weighted by Gasteiger charge is -1.93. The van der Waals surface area contributed by atoms with Crippen molar-refractivity contribution in [1.29, 1.82) is 0 Å². The summed E-state index contributed by atoms with van der Waals surface area (Å²) in [4.78, 5) is 28.3. The van der Waals surface area contributed by atoms with Crippen molar-refractivity contribution in [2.45, 2.75) is 0 Å². The van der Waals surface area contributed by atoms with Crippen LogP contribution in [0.1, 0.15) is 0 Å². The van der Waals surface area contributed by atoms with Gasteiger partial charge in [-0.15, -0.1) is 0 Å². The molecule has 0 aliphatic carbocycles. The van der Waals surface area contributed by atoms with E-state index in [1.54, 1.807) is 0 Å². The molecule has 0 fully saturated rings. The Morgan fingerprint density at radius 3 is 1.00 bits per heavy atom. The van der Waals surface area contributed by atoms with E-state index in [4.69, 9.17) is 0 Å². The van der Waals surface area contributed by atoms with Gasteiger partial charge in [-0.2, -0.15) is 13.2 Å². The molecule has 0 rings (SSSR count). The van der Waals surface area contributed by atoms with Crippen molar-refractivity contribution in [3.05, 3.63) is 0 Å². The topological polar surface area (TPSA) is 51.2 Å². The smallest absolute Gasteiger partial charge is 0.260 e. The van der Waals surface area contributed by atoms with E-state index in [2.05, 4.69) is 0 Å². The Bertz CT molecular complexity index is 155. The number of carbonyl (C=O) groups excluding carboxylic acids is 3. The second-order valence-corrected chi connectivity index (χ2v) is 1.35. The molecule has 0 aliphatic heterocycles. The molecule has 0 aromatic rings. The maximum atomic E-state index is 11.3. The van der Waals surface area contributed by atoms with Gasteiger partial charge < -0.3 is 0 Å². The molecule has 0 atom stereocenters. The fourth-order valence-corrected chi connectivity index (χ4v) is 0.268. The predicted molar refractivity (Wildman–Crippen MR) is 21.8 cm³/mol. The summed E-state index contributed by atoms with van der Waals surface area (Å²) in [6, 6.07) is -7.87. The molecule has 0 aliphatic rings. The van der Waals surface area contributed by atoms with Crippen LogP contribution in [0.5, 0.6) is 0 Å². The zero-order valence-corrected chi connectivity index (χ0v) is 4.44. The Morgan fingerprint density at radius 1 is 0.800 bits per heavy atom. The first kappa shape index (κ1) is 8.80. The minimum absolute atomic E-state index is 2.62. The number of halogens is 3. The molecule has 10 heavy (non-hydrogen) atoms. The third kappa shape index (κ3) is 1.96. The van der Waals surface area contributed by atoms with Crippen LogP contribution in [0.2, 0.25) is 0 Å². The molecule has 56 valence electrons. The fraction of sp³-hybridized carbons (Fsp3) is 0.250. The summed E-state index contributed by atoms with van der Waals surface area (Å²) in [6.07, 6.45) is 0. The monoisotopic (exact) mass is 154 g/mol. The standard InChI is InChI=1S/C4HF3O3/c5-2(8)1(3(6)9)4(7)10/h1H. The van der Waals surface area contributed by atoms with Crippen LogP contribution in [-0.4, -0.2) is 18.1 Å². The highest BCUT2D eigenvalue weighted by molar-refractivity contribution is 6.11. The largest absolute Gasteiger partial charge is 0.325 e. The highest BCUT2D eigenvalue weighted by Gasteiger charge is 2.34.